The Balaban J connectivity index is 1.63. The first-order chi connectivity index (χ1) is 12.6. The molecule has 134 valence electrons. The van der Waals surface area contributed by atoms with Crippen LogP contribution in [0.1, 0.15) is 47.6 Å². The highest BCUT2D eigenvalue weighted by Crippen LogP contribution is 2.35. The number of hydrogen-bond donors (Lipinski definition) is 0. The van der Waals surface area contributed by atoms with Gasteiger partial charge in [-0.15, -0.1) is 0 Å². The van der Waals surface area contributed by atoms with Crippen molar-refractivity contribution < 1.29 is 9.59 Å². The lowest BCUT2D eigenvalue weighted by Crippen LogP contribution is -2.31. The van der Waals surface area contributed by atoms with Gasteiger partial charge >= 0.3 is 0 Å². The second-order valence-corrected chi connectivity index (χ2v) is 7.16. The average Bonchev–Trinajstić information content (AvgIpc) is 3.31. The predicted octanol–water partition coefficient (Wildman–Crippen LogP) is 3.84. The number of anilines is 1. The Bertz CT molecular complexity index is 840. The number of carbonyl (C=O) groups is 2. The van der Waals surface area contributed by atoms with Gasteiger partial charge in [0.1, 0.15) is 0 Å². The maximum Gasteiger partial charge on any atom is 0.254 e. The van der Waals surface area contributed by atoms with Crippen molar-refractivity contribution in [2.45, 2.75) is 31.7 Å². The molecule has 2 saturated heterocycles. The maximum absolute atomic E-state index is 13.2. The van der Waals surface area contributed by atoms with Crippen LogP contribution in [-0.2, 0) is 4.79 Å². The monoisotopic (exact) mass is 369 g/mol. The molecule has 5 nitrogen and oxygen atoms in total. The molecule has 1 atom stereocenters. The molecular formula is C20H20ClN3O2. The van der Waals surface area contributed by atoms with Gasteiger partial charge in [-0.1, -0.05) is 11.6 Å². The van der Waals surface area contributed by atoms with Gasteiger partial charge in [-0.25, -0.2) is 0 Å². The van der Waals surface area contributed by atoms with Crippen molar-refractivity contribution in [2.75, 3.05) is 18.0 Å². The molecule has 0 spiro atoms. The summed E-state index contributed by atoms with van der Waals surface area (Å²) in [6, 6.07) is 9.22. The molecule has 0 unspecified atom stereocenters. The SMILES string of the molecule is O=C1CCCN1c1cc(C(=O)N2CCC[C@H]2c2ccncc2)ccc1Cl. The summed E-state index contributed by atoms with van der Waals surface area (Å²) < 4.78 is 0. The highest BCUT2D eigenvalue weighted by molar-refractivity contribution is 6.34. The third-order valence-electron chi connectivity index (χ3n) is 5.16. The summed E-state index contributed by atoms with van der Waals surface area (Å²) in [7, 11) is 0. The minimum absolute atomic E-state index is 0.0196. The number of hydrogen-bond acceptors (Lipinski definition) is 3. The molecule has 0 aliphatic carbocycles. The zero-order chi connectivity index (χ0) is 18.1. The molecule has 0 saturated carbocycles. The zero-order valence-corrected chi connectivity index (χ0v) is 15.2. The second-order valence-electron chi connectivity index (χ2n) is 6.75. The van der Waals surface area contributed by atoms with Gasteiger partial charge in [0.2, 0.25) is 5.91 Å². The van der Waals surface area contributed by atoms with Crippen LogP contribution in [0.3, 0.4) is 0 Å². The van der Waals surface area contributed by atoms with Crippen LogP contribution >= 0.6 is 11.6 Å². The Labute approximate surface area is 157 Å². The molecule has 0 N–H and O–H groups in total. The molecule has 2 amide bonds. The Kier molecular flexibility index (Phi) is 4.64. The van der Waals surface area contributed by atoms with E-state index in [9.17, 15) is 9.59 Å². The van der Waals surface area contributed by atoms with Crippen molar-refractivity contribution in [3.05, 3.63) is 58.9 Å². The minimum atomic E-state index is -0.0196. The van der Waals surface area contributed by atoms with Crippen LogP contribution in [0.15, 0.2) is 42.7 Å². The summed E-state index contributed by atoms with van der Waals surface area (Å²) in [6.07, 6.45) is 6.80. The van der Waals surface area contributed by atoms with E-state index in [2.05, 4.69) is 4.98 Å². The first-order valence-electron chi connectivity index (χ1n) is 8.96. The van der Waals surface area contributed by atoms with Gasteiger partial charge in [0.25, 0.3) is 5.91 Å². The number of benzene rings is 1. The molecule has 6 heteroatoms. The quantitative estimate of drug-likeness (QED) is 0.826. The van der Waals surface area contributed by atoms with E-state index in [0.29, 0.717) is 29.2 Å². The number of carbonyl (C=O) groups excluding carboxylic acids is 2. The lowest BCUT2D eigenvalue weighted by molar-refractivity contribution is -0.117. The molecule has 0 bridgehead atoms. The molecule has 1 aromatic heterocycles. The molecule has 3 heterocycles. The molecule has 26 heavy (non-hydrogen) atoms. The predicted molar refractivity (Wildman–Crippen MR) is 100 cm³/mol. The van der Waals surface area contributed by atoms with Gasteiger partial charge in [0, 0.05) is 37.5 Å². The highest BCUT2D eigenvalue weighted by atomic mass is 35.5. The van der Waals surface area contributed by atoms with Crippen molar-refractivity contribution in [3.8, 4) is 0 Å². The van der Waals surface area contributed by atoms with E-state index in [1.807, 2.05) is 17.0 Å². The summed E-state index contributed by atoms with van der Waals surface area (Å²) in [5.41, 5.74) is 2.32. The molecule has 2 aliphatic rings. The number of likely N-dealkylation sites (tertiary alicyclic amines) is 1. The highest BCUT2D eigenvalue weighted by Gasteiger charge is 2.31. The Morgan fingerprint density at radius 2 is 1.92 bits per heavy atom. The van der Waals surface area contributed by atoms with Gasteiger partial charge in [0.05, 0.1) is 16.8 Å². The summed E-state index contributed by atoms with van der Waals surface area (Å²) in [5.74, 6) is 0.0428. The average molecular weight is 370 g/mol. The number of amides is 2. The van der Waals surface area contributed by atoms with Gasteiger partial charge in [-0.3, -0.25) is 14.6 Å². The molecule has 0 radical (unpaired) electrons. The fraction of sp³-hybridized carbons (Fsp3) is 0.350. The van der Waals surface area contributed by atoms with E-state index in [0.717, 1.165) is 31.4 Å². The largest absolute Gasteiger partial charge is 0.332 e. The van der Waals surface area contributed by atoms with Crippen LogP contribution < -0.4 is 4.90 Å². The number of aromatic nitrogens is 1. The fourth-order valence-electron chi connectivity index (χ4n) is 3.86. The van der Waals surface area contributed by atoms with E-state index >= 15 is 0 Å². The fourth-order valence-corrected chi connectivity index (χ4v) is 4.08. The molecular weight excluding hydrogens is 350 g/mol. The molecule has 2 aliphatic heterocycles. The Hall–Kier alpha value is -2.40. The van der Waals surface area contributed by atoms with E-state index in [4.69, 9.17) is 11.6 Å². The van der Waals surface area contributed by atoms with E-state index < -0.39 is 0 Å². The topological polar surface area (TPSA) is 53.5 Å². The van der Waals surface area contributed by atoms with Crippen molar-refractivity contribution in [3.63, 3.8) is 0 Å². The first-order valence-corrected chi connectivity index (χ1v) is 9.34. The lowest BCUT2D eigenvalue weighted by Gasteiger charge is -2.26. The Morgan fingerprint density at radius 1 is 1.12 bits per heavy atom. The lowest BCUT2D eigenvalue weighted by atomic mass is 10.1. The van der Waals surface area contributed by atoms with Crippen LogP contribution in [0.25, 0.3) is 0 Å². The van der Waals surface area contributed by atoms with Crippen molar-refractivity contribution in [2.24, 2.45) is 0 Å². The van der Waals surface area contributed by atoms with Crippen LogP contribution in [0.4, 0.5) is 5.69 Å². The molecule has 2 fully saturated rings. The van der Waals surface area contributed by atoms with Crippen LogP contribution in [0.2, 0.25) is 5.02 Å². The summed E-state index contributed by atoms with van der Waals surface area (Å²) in [4.78, 5) is 32.9. The van der Waals surface area contributed by atoms with Crippen molar-refractivity contribution in [1.82, 2.24) is 9.88 Å². The molecule has 2 aromatic rings. The van der Waals surface area contributed by atoms with Gasteiger partial charge < -0.3 is 9.80 Å². The maximum atomic E-state index is 13.2. The van der Waals surface area contributed by atoms with Gasteiger partial charge in [0.15, 0.2) is 0 Å². The summed E-state index contributed by atoms with van der Waals surface area (Å²) in [6.45, 7) is 1.38. The zero-order valence-electron chi connectivity index (χ0n) is 14.4. The number of rotatable bonds is 3. The summed E-state index contributed by atoms with van der Waals surface area (Å²) in [5, 5.41) is 0.504. The van der Waals surface area contributed by atoms with Crippen molar-refractivity contribution in [1.29, 1.82) is 0 Å². The van der Waals surface area contributed by atoms with Gasteiger partial charge in [-0.2, -0.15) is 0 Å². The molecule has 1 aromatic carbocycles. The standard InChI is InChI=1S/C20H20ClN3O2/c21-16-6-5-15(13-18(16)23-11-2-4-19(23)25)20(26)24-12-1-3-17(24)14-7-9-22-10-8-14/h5-10,13,17H,1-4,11-12H2/t17-/m0/s1. The van der Waals surface area contributed by atoms with E-state index in [-0.39, 0.29) is 17.9 Å². The van der Waals surface area contributed by atoms with Crippen molar-refractivity contribution >= 4 is 29.1 Å². The van der Waals surface area contributed by atoms with Crippen LogP contribution in [-0.4, -0.2) is 34.8 Å². The van der Waals surface area contributed by atoms with Crippen LogP contribution in [0, 0.1) is 0 Å². The normalized spacial score (nSPS) is 20.0. The third-order valence-corrected chi connectivity index (χ3v) is 5.48. The number of nitrogens with zero attached hydrogens (tertiary/aromatic N) is 3. The minimum Gasteiger partial charge on any atom is -0.332 e. The third kappa shape index (κ3) is 3.07. The van der Waals surface area contributed by atoms with Gasteiger partial charge in [-0.05, 0) is 55.2 Å². The smallest absolute Gasteiger partial charge is 0.254 e. The number of pyridine rings is 1. The van der Waals surface area contributed by atoms with Crippen LogP contribution in [0.5, 0.6) is 0 Å². The Morgan fingerprint density at radius 3 is 2.65 bits per heavy atom. The number of halogens is 1. The summed E-state index contributed by atoms with van der Waals surface area (Å²) >= 11 is 6.30. The second kappa shape index (κ2) is 7.08. The molecule has 4 rings (SSSR count). The van der Waals surface area contributed by atoms with E-state index in [1.165, 1.54) is 0 Å². The van der Waals surface area contributed by atoms with E-state index in [1.54, 1.807) is 35.5 Å². The first kappa shape index (κ1) is 17.0.